The Morgan fingerprint density at radius 2 is 1.85 bits per heavy atom. The minimum atomic E-state index is -0.486. The molecule has 1 atom stereocenters. The minimum absolute atomic E-state index is 0.0837. The second-order valence-electron chi connectivity index (χ2n) is 11.3. The maximum Gasteiger partial charge on any atom is 0.162 e. The fraction of sp³-hybridized carbons (Fsp3) is 0.303. The van der Waals surface area contributed by atoms with E-state index < -0.39 is 5.92 Å². The Morgan fingerprint density at radius 1 is 1.08 bits per heavy atom. The Hall–Kier alpha value is -3.82. The molecule has 0 saturated heterocycles. The van der Waals surface area contributed by atoms with Crippen molar-refractivity contribution < 1.29 is 4.79 Å². The second kappa shape index (κ2) is 10.7. The van der Waals surface area contributed by atoms with Crippen LogP contribution in [0.25, 0.3) is 0 Å². The Balaban J connectivity index is 1.61. The highest BCUT2D eigenvalue weighted by molar-refractivity contribution is 7.97. The zero-order valence-corrected chi connectivity index (χ0v) is 23.8. The predicted molar refractivity (Wildman–Crippen MR) is 159 cm³/mol. The fourth-order valence-electron chi connectivity index (χ4n) is 5.84. The van der Waals surface area contributed by atoms with Gasteiger partial charge in [0.2, 0.25) is 0 Å². The molecular weight excluding hydrogens is 500 g/mol. The summed E-state index contributed by atoms with van der Waals surface area (Å²) in [5.74, 6) is 1.74. The number of hydrogen-bond donors (Lipinski definition) is 1. The topological polar surface area (TPSA) is 83.0 Å². The number of carbonyl (C=O) groups excluding carboxylic acids is 1. The number of aromatic nitrogens is 1. The highest BCUT2D eigenvalue weighted by Crippen LogP contribution is 2.50. The van der Waals surface area contributed by atoms with Gasteiger partial charge in [-0.05, 0) is 65.6 Å². The van der Waals surface area contributed by atoms with E-state index in [1.165, 1.54) is 16.7 Å². The van der Waals surface area contributed by atoms with Gasteiger partial charge in [-0.3, -0.25) is 14.7 Å². The summed E-state index contributed by atoms with van der Waals surface area (Å²) >= 11 is 1.87. The molecule has 2 aromatic carbocycles. The van der Waals surface area contributed by atoms with Gasteiger partial charge in [-0.2, -0.15) is 17.0 Å². The average molecular weight is 535 g/mol. The van der Waals surface area contributed by atoms with Crippen molar-refractivity contribution in [2.24, 2.45) is 11.1 Å². The monoisotopic (exact) mass is 534 g/mol. The summed E-state index contributed by atoms with van der Waals surface area (Å²) in [6, 6.07) is 21.0. The zero-order valence-electron chi connectivity index (χ0n) is 23.0. The number of Topliss-reactive ketones (excluding diaryl/α,β-unsaturated/α-hetero) is 1. The molecule has 1 unspecified atom stereocenters. The van der Waals surface area contributed by atoms with Crippen LogP contribution < -0.4 is 10.6 Å². The van der Waals surface area contributed by atoms with Crippen molar-refractivity contribution in [2.75, 3.05) is 4.90 Å². The number of ketones is 1. The molecule has 5 rings (SSSR count). The van der Waals surface area contributed by atoms with Gasteiger partial charge in [0.05, 0.1) is 29.4 Å². The Bertz CT molecular complexity index is 1520. The van der Waals surface area contributed by atoms with E-state index >= 15 is 0 Å². The molecule has 1 aliphatic heterocycles. The van der Waals surface area contributed by atoms with E-state index in [0.29, 0.717) is 29.8 Å². The molecular formula is C33H34N4OS. The van der Waals surface area contributed by atoms with Gasteiger partial charge >= 0.3 is 0 Å². The lowest BCUT2D eigenvalue weighted by Gasteiger charge is -2.44. The Kier molecular flexibility index (Phi) is 7.38. The van der Waals surface area contributed by atoms with Crippen LogP contribution in [0.4, 0.5) is 5.69 Å². The third kappa shape index (κ3) is 5.24. The van der Waals surface area contributed by atoms with Crippen LogP contribution in [0, 0.1) is 30.6 Å². The highest BCUT2D eigenvalue weighted by Gasteiger charge is 2.45. The van der Waals surface area contributed by atoms with Gasteiger partial charge in [0.25, 0.3) is 0 Å². The molecule has 0 fully saturated rings. The summed E-state index contributed by atoms with van der Waals surface area (Å²) in [4.78, 5) is 20.1. The minimum Gasteiger partial charge on any atom is -0.384 e. The van der Waals surface area contributed by atoms with E-state index in [1.807, 2.05) is 34.9 Å². The van der Waals surface area contributed by atoms with Crippen molar-refractivity contribution in [3.63, 3.8) is 0 Å². The zero-order chi connectivity index (χ0) is 27.7. The molecule has 0 spiro atoms. The van der Waals surface area contributed by atoms with E-state index in [2.05, 4.69) is 75.1 Å². The molecule has 198 valence electrons. The van der Waals surface area contributed by atoms with Gasteiger partial charge in [0.15, 0.2) is 5.78 Å². The summed E-state index contributed by atoms with van der Waals surface area (Å²) in [5.41, 5.74) is 15.1. The van der Waals surface area contributed by atoms with Crippen molar-refractivity contribution in [1.82, 2.24) is 4.98 Å². The molecule has 6 heteroatoms. The maximum atomic E-state index is 13.9. The van der Waals surface area contributed by atoms with Crippen LogP contribution in [-0.2, 0) is 16.3 Å². The summed E-state index contributed by atoms with van der Waals surface area (Å²) in [7, 11) is 0. The molecule has 2 heterocycles. The van der Waals surface area contributed by atoms with E-state index in [9.17, 15) is 10.1 Å². The molecule has 3 aromatic rings. The van der Waals surface area contributed by atoms with Crippen molar-refractivity contribution >= 4 is 23.2 Å². The number of hydrogen-bond acceptors (Lipinski definition) is 6. The van der Waals surface area contributed by atoms with Crippen LogP contribution in [0.15, 0.2) is 89.7 Å². The van der Waals surface area contributed by atoms with Crippen molar-refractivity contribution in [2.45, 2.75) is 58.0 Å². The lowest BCUT2D eigenvalue weighted by Crippen LogP contribution is -2.42. The number of nitrogens with zero attached hydrogens (tertiary/aromatic N) is 3. The number of nitrogens with two attached hydrogens (primary N) is 1. The number of pyridine rings is 1. The summed E-state index contributed by atoms with van der Waals surface area (Å²) in [5, 5.41) is 10.5. The number of carbonyl (C=O) groups is 1. The van der Waals surface area contributed by atoms with Gasteiger partial charge in [-0.15, -0.1) is 0 Å². The Morgan fingerprint density at radius 3 is 2.54 bits per heavy atom. The SMILES string of the molecule is Cc1cc(C)c(C2C(C#N)=C(N)N(c3cccnc3)C3=C2C(=O)CC(C)(C)C3)cc1CSCc1ccccc1. The molecule has 0 amide bonds. The predicted octanol–water partition coefficient (Wildman–Crippen LogP) is 7.07. The first kappa shape index (κ1) is 26.8. The summed E-state index contributed by atoms with van der Waals surface area (Å²) in [6.45, 7) is 8.43. The van der Waals surface area contributed by atoms with Gasteiger partial charge < -0.3 is 5.73 Å². The number of allylic oxidation sites excluding steroid dienone is 3. The van der Waals surface area contributed by atoms with E-state index in [-0.39, 0.29) is 11.2 Å². The average Bonchev–Trinajstić information content (AvgIpc) is 2.90. The fourth-order valence-corrected chi connectivity index (χ4v) is 6.90. The lowest BCUT2D eigenvalue weighted by molar-refractivity contribution is -0.118. The van der Waals surface area contributed by atoms with Crippen LogP contribution in [-0.4, -0.2) is 10.8 Å². The smallest absolute Gasteiger partial charge is 0.162 e. The first-order valence-corrected chi connectivity index (χ1v) is 14.4. The maximum absolute atomic E-state index is 13.9. The normalized spacial score (nSPS) is 18.7. The van der Waals surface area contributed by atoms with Crippen molar-refractivity contribution in [3.8, 4) is 6.07 Å². The second-order valence-corrected chi connectivity index (χ2v) is 12.3. The molecule has 0 radical (unpaired) electrons. The number of rotatable bonds is 6. The van der Waals surface area contributed by atoms with Crippen LogP contribution in [0.3, 0.4) is 0 Å². The third-order valence-corrected chi connectivity index (χ3v) is 8.74. The molecule has 2 N–H and O–H groups in total. The quantitative estimate of drug-likeness (QED) is 0.364. The number of nitriles is 1. The van der Waals surface area contributed by atoms with Crippen LogP contribution in [0.2, 0.25) is 0 Å². The van der Waals surface area contributed by atoms with Crippen molar-refractivity contribution in [1.29, 1.82) is 5.26 Å². The Labute approximate surface area is 235 Å². The number of aryl methyl sites for hydroxylation is 2. The third-order valence-electron chi connectivity index (χ3n) is 7.69. The van der Waals surface area contributed by atoms with Gasteiger partial charge in [-0.25, -0.2) is 0 Å². The number of anilines is 1. The standard InChI is InChI=1S/C33H34N4OS/c1-21-13-22(2)26(14-24(21)20-39-19-23-9-6-5-7-10-23)30-27(17-34)32(35)37(25-11-8-12-36-18-25)28-15-33(3,4)16-29(38)31(28)30/h5-14,18,30H,15-16,19-20,35H2,1-4H3. The largest absolute Gasteiger partial charge is 0.384 e. The summed E-state index contributed by atoms with van der Waals surface area (Å²) < 4.78 is 0. The first-order valence-electron chi connectivity index (χ1n) is 13.3. The van der Waals surface area contributed by atoms with Crippen LogP contribution >= 0.6 is 11.8 Å². The molecule has 0 bridgehead atoms. The summed E-state index contributed by atoms with van der Waals surface area (Å²) in [6.07, 6.45) is 4.56. The molecule has 5 nitrogen and oxygen atoms in total. The number of thioether (sulfide) groups is 1. The first-order chi connectivity index (χ1) is 18.7. The lowest BCUT2D eigenvalue weighted by atomic mass is 9.68. The van der Waals surface area contributed by atoms with Crippen LogP contribution in [0.5, 0.6) is 0 Å². The number of benzene rings is 2. The van der Waals surface area contributed by atoms with Crippen molar-refractivity contribution in [3.05, 3.63) is 117 Å². The van der Waals surface area contributed by atoms with Gasteiger partial charge in [0.1, 0.15) is 5.82 Å². The molecule has 1 aliphatic carbocycles. The van der Waals surface area contributed by atoms with E-state index in [0.717, 1.165) is 34.0 Å². The van der Waals surface area contributed by atoms with Gasteiger partial charge in [-0.1, -0.05) is 56.3 Å². The molecule has 2 aliphatic rings. The van der Waals surface area contributed by atoms with E-state index in [1.54, 1.807) is 12.4 Å². The van der Waals surface area contributed by atoms with E-state index in [4.69, 9.17) is 5.73 Å². The highest BCUT2D eigenvalue weighted by atomic mass is 32.2. The van der Waals surface area contributed by atoms with Crippen LogP contribution in [0.1, 0.15) is 60.4 Å². The molecule has 1 aromatic heterocycles. The molecule has 39 heavy (non-hydrogen) atoms. The molecule has 0 saturated carbocycles. The van der Waals surface area contributed by atoms with Gasteiger partial charge in [0, 0.05) is 35.4 Å².